The summed E-state index contributed by atoms with van der Waals surface area (Å²) in [5, 5.41) is 0.996. The van der Waals surface area contributed by atoms with Crippen LogP contribution in [0.2, 0.25) is 0 Å². The first-order valence-electron chi connectivity index (χ1n) is 6.49. The highest BCUT2D eigenvalue weighted by Gasteiger charge is 2.09. The molecule has 0 atom stereocenters. The Hall–Kier alpha value is -2.20. The molecule has 2 aromatic carbocycles. The molecule has 1 aromatic heterocycles. The fourth-order valence-electron chi connectivity index (χ4n) is 2.03. The Morgan fingerprint density at radius 2 is 1.95 bits per heavy atom. The normalized spacial score (nSPS) is 10.7. The van der Waals surface area contributed by atoms with Gasteiger partial charge in [0, 0.05) is 22.0 Å². The van der Waals surface area contributed by atoms with E-state index in [4.69, 9.17) is 0 Å². The Kier molecular flexibility index (Phi) is 3.97. The highest BCUT2D eigenvalue weighted by Crippen LogP contribution is 2.23. The number of fused-ring (bicyclic) bond motifs is 1. The molecule has 3 rings (SSSR count). The molecule has 0 N–H and O–H groups in total. The number of carbonyl (C=O) groups is 1. The number of hydrogen-bond acceptors (Lipinski definition) is 3. The average molecular weight is 297 g/mol. The van der Waals surface area contributed by atoms with Gasteiger partial charge in [-0.1, -0.05) is 30.3 Å². The molecule has 0 spiro atoms. The first kappa shape index (κ1) is 13.8. The lowest BCUT2D eigenvalue weighted by molar-refractivity contribution is 0.102. The van der Waals surface area contributed by atoms with E-state index in [1.54, 1.807) is 36.5 Å². The molecule has 0 aliphatic carbocycles. The number of hydrogen-bond donors (Lipinski definition) is 0. The summed E-state index contributed by atoms with van der Waals surface area (Å²) in [4.78, 5) is 16.9. The minimum absolute atomic E-state index is 0.0317. The molecule has 0 aliphatic rings. The number of pyridine rings is 1. The summed E-state index contributed by atoms with van der Waals surface area (Å²) >= 11 is 1.21. The van der Waals surface area contributed by atoms with E-state index in [1.807, 2.05) is 18.2 Å². The van der Waals surface area contributed by atoms with E-state index in [2.05, 4.69) is 4.98 Å². The number of rotatable bonds is 4. The maximum atomic E-state index is 13.5. The zero-order valence-corrected chi connectivity index (χ0v) is 11.9. The fraction of sp³-hybridized carbons (Fsp3) is 0.0588. The van der Waals surface area contributed by atoms with E-state index in [0.29, 0.717) is 10.5 Å². The number of aromatic nitrogens is 1. The fourth-order valence-corrected chi connectivity index (χ4v) is 2.86. The Balaban J connectivity index is 1.76. The molecule has 2 nitrogen and oxygen atoms in total. The summed E-state index contributed by atoms with van der Waals surface area (Å²) < 4.78 is 13.5. The van der Waals surface area contributed by atoms with E-state index in [0.717, 1.165) is 10.9 Å². The van der Waals surface area contributed by atoms with Crippen LogP contribution in [-0.4, -0.2) is 16.5 Å². The van der Waals surface area contributed by atoms with E-state index < -0.39 is 0 Å². The number of nitrogens with zero attached hydrogens (tertiary/aromatic N) is 1. The van der Waals surface area contributed by atoms with Crippen molar-refractivity contribution in [2.75, 3.05) is 5.75 Å². The van der Waals surface area contributed by atoms with Gasteiger partial charge in [-0.25, -0.2) is 4.39 Å². The molecule has 0 saturated heterocycles. The van der Waals surface area contributed by atoms with Crippen molar-refractivity contribution >= 4 is 28.4 Å². The maximum Gasteiger partial charge on any atom is 0.173 e. The van der Waals surface area contributed by atoms with Gasteiger partial charge in [-0.05, 0) is 24.3 Å². The van der Waals surface area contributed by atoms with Crippen molar-refractivity contribution in [3.8, 4) is 0 Å². The van der Waals surface area contributed by atoms with Crippen LogP contribution in [0.25, 0.3) is 10.9 Å². The minimum atomic E-state index is -0.296. The van der Waals surface area contributed by atoms with Crippen molar-refractivity contribution in [3.05, 3.63) is 72.2 Å². The molecule has 104 valence electrons. The van der Waals surface area contributed by atoms with E-state index in [1.165, 1.54) is 17.8 Å². The summed E-state index contributed by atoms with van der Waals surface area (Å²) in [6.45, 7) is 0. The number of thioether (sulfide) groups is 1. The molecule has 0 saturated carbocycles. The summed E-state index contributed by atoms with van der Waals surface area (Å²) in [7, 11) is 0. The molecular weight excluding hydrogens is 285 g/mol. The van der Waals surface area contributed by atoms with E-state index >= 15 is 0 Å². The third kappa shape index (κ3) is 3.11. The number of halogens is 1. The van der Waals surface area contributed by atoms with Gasteiger partial charge in [0.2, 0.25) is 0 Å². The zero-order chi connectivity index (χ0) is 14.7. The Labute approximate surface area is 126 Å². The van der Waals surface area contributed by atoms with E-state index in [9.17, 15) is 9.18 Å². The summed E-state index contributed by atoms with van der Waals surface area (Å²) in [6, 6.07) is 15.7. The molecule has 1 heterocycles. The van der Waals surface area contributed by atoms with Crippen molar-refractivity contribution in [2.45, 2.75) is 4.90 Å². The third-order valence-electron chi connectivity index (χ3n) is 3.12. The first-order chi connectivity index (χ1) is 10.2. The molecule has 4 heteroatoms. The molecule has 0 aliphatic heterocycles. The average Bonchev–Trinajstić information content (AvgIpc) is 2.53. The number of carbonyl (C=O) groups excluding carboxylic acids is 1. The second kappa shape index (κ2) is 6.06. The Bertz CT molecular complexity index is 803. The van der Waals surface area contributed by atoms with Crippen LogP contribution in [0.15, 0.2) is 65.7 Å². The van der Waals surface area contributed by atoms with Crippen LogP contribution in [0, 0.1) is 5.82 Å². The minimum Gasteiger partial charge on any atom is -0.293 e. The topological polar surface area (TPSA) is 30.0 Å². The summed E-state index contributed by atoms with van der Waals surface area (Å²) in [5.41, 5.74) is 1.39. The predicted octanol–water partition coefficient (Wildman–Crippen LogP) is 4.35. The van der Waals surface area contributed by atoms with Gasteiger partial charge in [-0.3, -0.25) is 9.78 Å². The predicted molar refractivity (Wildman–Crippen MR) is 83.2 cm³/mol. The van der Waals surface area contributed by atoms with Gasteiger partial charge in [0.1, 0.15) is 5.82 Å². The van der Waals surface area contributed by atoms with E-state index in [-0.39, 0.29) is 17.4 Å². The van der Waals surface area contributed by atoms with Gasteiger partial charge in [0.05, 0.1) is 11.3 Å². The van der Waals surface area contributed by atoms with Crippen LogP contribution in [0.4, 0.5) is 4.39 Å². The molecular formula is C17H12FNOS. The van der Waals surface area contributed by atoms with Gasteiger partial charge in [-0.15, -0.1) is 11.8 Å². The van der Waals surface area contributed by atoms with Crippen LogP contribution in [0.1, 0.15) is 10.4 Å². The quantitative estimate of drug-likeness (QED) is 0.530. The molecule has 21 heavy (non-hydrogen) atoms. The van der Waals surface area contributed by atoms with Crippen LogP contribution in [0.3, 0.4) is 0 Å². The lowest BCUT2D eigenvalue weighted by Crippen LogP contribution is -2.02. The molecule has 3 aromatic rings. The zero-order valence-electron chi connectivity index (χ0n) is 11.1. The number of Topliss-reactive ketones (excluding diaryl/α,β-unsaturated/α-hetero) is 1. The second-order valence-corrected chi connectivity index (χ2v) is 5.57. The van der Waals surface area contributed by atoms with Crippen LogP contribution < -0.4 is 0 Å². The standard InChI is InChI=1S/C17H12FNOS/c18-14-5-1-2-6-17(14)21-11-16(20)13-8-7-12-4-3-9-19-15(12)10-13/h1-10H,11H2. The lowest BCUT2D eigenvalue weighted by atomic mass is 10.1. The highest BCUT2D eigenvalue weighted by molar-refractivity contribution is 8.00. The third-order valence-corrected chi connectivity index (χ3v) is 4.17. The van der Waals surface area contributed by atoms with Crippen LogP contribution >= 0.6 is 11.8 Å². The molecule has 0 radical (unpaired) electrons. The lowest BCUT2D eigenvalue weighted by Gasteiger charge is -2.04. The van der Waals surface area contributed by atoms with Crippen molar-refractivity contribution in [1.29, 1.82) is 0 Å². The maximum absolute atomic E-state index is 13.5. The second-order valence-electron chi connectivity index (χ2n) is 4.55. The first-order valence-corrected chi connectivity index (χ1v) is 7.48. The van der Waals surface area contributed by atoms with Gasteiger partial charge in [0.15, 0.2) is 5.78 Å². The molecule has 0 unspecified atom stereocenters. The number of ketones is 1. The smallest absolute Gasteiger partial charge is 0.173 e. The van der Waals surface area contributed by atoms with Crippen molar-refractivity contribution in [3.63, 3.8) is 0 Å². The van der Waals surface area contributed by atoms with Crippen molar-refractivity contribution < 1.29 is 9.18 Å². The van der Waals surface area contributed by atoms with Crippen LogP contribution in [0.5, 0.6) is 0 Å². The van der Waals surface area contributed by atoms with Gasteiger partial charge in [-0.2, -0.15) is 0 Å². The number of benzene rings is 2. The monoisotopic (exact) mass is 297 g/mol. The summed E-state index contributed by atoms with van der Waals surface area (Å²) in [5.74, 6) is -0.120. The van der Waals surface area contributed by atoms with Crippen molar-refractivity contribution in [2.24, 2.45) is 0 Å². The van der Waals surface area contributed by atoms with Crippen LogP contribution in [-0.2, 0) is 0 Å². The SMILES string of the molecule is O=C(CSc1ccccc1F)c1ccc2cccnc2c1. The van der Waals surface area contributed by atoms with Gasteiger partial charge in [0.25, 0.3) is 0 Å². The molecule has 0 amide bonds. The van der Waals surface area contributed by atoms with Crippen molar-refractivity contribution in [1.82, 2.24) is 4.98 Å². The molecule has 0 fully saturated rings. The molecule has 0 bridgehead atoms. The Morgan fingerprint density at radius 1 is 1.10 bits per heavy atom. The summed E-state index contributed by atoms with van der Waals surface area (Å²) in [6.07, 6.45) is 1.70. The largest absolute Gasteiger partial charge is 0.293 e. The van der Waals surface area contributed by atoms with Gasteiger partial charge < -0.3 is 0 Å². The Morgan fingerprint density at radius 3 is 2.81 bits per heavy atom. The van der Waals surface area contributed by atoms with Gasteiger partial charge >= 0.3 is 0 Å². The highest BCUT2D eigenvalue weighted by atomic mass is 32.2.